The first kappa shape index (κ1) is 17.8. The molecule has 2 atom stereocenters. The molecule has 1 aliphatic rings. The van der Waals surface area contributed by atoms with Crippen LogP contribution in [0, 0.1) is 0 Å². The Labute approximate surface area is 160 Å². The topological polar surface area (TPSA) is 84.6 Å². The summed E-state index contributed by atoms with van der Waals surface area (Å²) >= 11 is 1.49. The summed E-state index contributed by atoms with van der Waals surface area (Å²) in [5.41, 5.74) is 0.889. The third-order valence-electron chi connectivity index (χ3n) is 4.59. The van der Waals surface area contributed by atoms with E-state index in [4.69, 9.17) is 9.15 Å². The van der Waals surface area contributed by atoms with Gasteiger partial charge in [-0.3, -0.25) is 4.79 Å². The molecule has 6 nitrogen and oxygen atoms in total. The quantitative estimate of drug-likeness (QED) is 0.684. The molecule has 2 N–H and O–H groups in total. The SMILES string of the molecule is O=C(Nc1ccc(O[C@H]2CCCC[C@H]2O)cc1)c1ncoc1-c1cccs1. The maximum Gasteiger partial charge on any atom is 0.278 e. The molecule has 2 heterocycles. The molecule has 1 amide bonds. The number of aromatic nitrogens is 1. The predicted molar refractivity (Wildman–Crippen MR) is 103 cm³/mol. The summed E-state index contributed by atoms with van der Waals surface area (Å²) in [4.78, 5) is 17.4. The van der Waals surface area contributed by atoms with Gasteiger partial charge in [-0.25, -0.2) is 4.98 Å². The highest BCUT2D eigenvalue weighted by Gasteiger charge is 2.24. The second kappa shape index (κ2) is 7.94. The molecule has 0 saturated heterocycles. The summed E-state index contributed by atoms with van der Waals surface area (Å²) < 4.78 is 11.3. The van der Waals surface area contributed by atoms with Gasteiger partial charge < -0.3 is 19.6 Å². The van der Waals surface area contributed by atoms with Crippen molar-refractivity contribution in [3.8, 4) is 16.4 Å². The summed E-state index contributed by atoms with van der Waals surface area (Å²) in [7, 11) is 0. The van der Waals surface area contributed by atoms with Gasteiger partial charge >= 0.3 is 0 Å². The Balaban J connectivity index is 1.41. The molecule has 2 aromatic heterocycles. The smallest absolute Gasteiger partial charge is 0.278 e. The van der Waals surface area contributed by atoms with E-state index in [9.17, 15) is 9.90 Å². The van der Waals surface area contributed by atoms with Crippen LogP contribution in [-0.2, 0) is 0 Å². The fraction of sp³-hybridized carbons (Fsp3) is 0.300. The number of amides is 1. The van der Waals surface area contributed by atoms with Crippen LogP contribution in [0.4, 0.5) is 5.69 Å². The average Bonchev–Trinajstić information content (AvgIpc) is 3.36. The molecular formula is C20H20N2O4S. The molecular weight excluding hydrogens is 364 g/mol. The van der Waals surface area contributed by atoms with E-state index < -0.39 is 6.10 Å². The zero-order valence-corrected chi connectivity index (χ0v) is 15.4. The molecule has 7 heteroatoms. The lowest BCUT2D eigenvalue weighted by molar-refractivity contribution is 0.00688. The molecule has 3 aromatic rings. The van der Waals surface area contributed by atoms with Crippen molar-refractivity contribution in [2.24, 2.45) is 0 Å². The van der Waals surface area contributed by atoms with Gasteiger partial charge in [-0.05, 0) is 55.0 Å². The minimum absolute atomic E-state index is 0.164. The number of oxazole rings is 1. The molecule has 0 spiro atoms. The van der Waals surface area contributed by atoms with E-state index in [1.807, 2.05) is 17.5 Å². The molecule has 1 aliphatic carbocycles. The number of carbonyl (C=O) groups is 1. The number of thiophene rings is 1. The Morgan fingerprint density at radius 3 is 2.78 bits per heavy atom. The maximum atomic E-state index is 12.5. The van der Waals surface area contributed by atoms with Crippen molar-refractivity contribution in [3.63, 3.8) is 0 Å². The molecule has 0 radical (unpaired) electrons. The average molecular weight is 384 g/mol. The molecule has 0 bridgehead atoms. The molecule has 0 aliphatic heterocycles. The maximum absolute atomic E-state index is 12.5. The van der Waals surface area contributed by atoms with Crippen LogP contribution in [0.5, 0.6) is 5.75 Å². The fourth-order valence-corrected chi connectivity index (χ4v) is 3.90. The first-order valence-electron chi connectivity index (χ1n) is 8.94. The van der Waals surface area contributed by atoms with Crippen molar-refractivity contribution in [1.29, 1.82) is 0 Å². The number of rotatable bonds is 5. The van der Waals surface area contributed by atoms with E-state index in [2.05, 4.69) is 10.3 Å². The van der Waals surface area contributed by atoms with E-state index in [-0.39, 0.29) is 17.7 Å². The van der Waals surface area contributed by atoms with Crippen LogP contribution in [0.25, 0.3) is 10.6 Å². The summed E-state index contributed by atoms with van der Waals surface area (Å²) in [5, 5.41) is 14.8. The Morgan fingerprint density at radius 1 is 1.22 bits per heavy atom. The Kier molecular flexibility index (Phi) is 5.22. The third-order valence-corrected chi connectivity index (χ3v) is 5.46. The molecule has 4 rings (SSSR count). The largest absolute Gasteiger partial charge is 0.488 e. The Bertz CT molecular complexity index is 889. The first-order chi connectivity index (χ1) is 13.2. The Morgan fingerprint density at radius 2 is 2.04 bits per heavy atom. The van der Waals surface area contributed by atoms with Crippen molar-refractivity contribution >= 4 is 22.9 Å². The zero-order chi connectivity index (χ0) is 18.6. The number of aliphatic hydroxyl groups excluding tert-OH is 1. The number of nitrogens with zero attached hydrogens (tertiary/aromatic N) is 1. The number of hydrogen-bond donors (Lipinski definition) is 2. The lowest BCUT2D eigenvalue weighted by Crippen LogP contribution is -2.34. The van der Waals surface area contributed by atoms with Gasteiger partial charge in [-0.15, -0.1) is 11.3 Å². The molecule has 140 valence electrons. The van der Waals surface area contributed by atoms with Gasteiger partial charge in [0.2, 0.25) is 0 Å². The number of carbonyl (C=O) groups excluding carboxylic acids is 1. The Hall–Kier alpha value is -2.64. The highest BCUT2D eigenvalue weighted by Crippen LogP contribution is 2.28. The minimum atomic E-state index is -0.416. The lowest BCUT2D eigenvalue weighted by atomic mass is 9.95. The van der Waals surface area contributed by atoms with E-state index in [0.29, 0.717) is 17.2 Å². The normalized spacial score (nSPS) is 19.6. The minimum Gasteiger partial charge on any atom is -0.488 e. The summed E-state index contributed by atoms with van der Waals surface area (Å²) in [6, 6.07) is 10.9. The van der Waals surface area contributed by atoms with Crippen LogP contribution >= 0.6 is 11.3 Å². The van der Waals surface area contributed by atoms with Crippen molar-refractivity contribution in [1.82, 2.24) is 4.98 Å². The van der Waals surface area contributed by atoms with Crippen LogP contribution in [0.3, 0.4) is 0 Å². The molecule has 1 saturated carbocycles. The van der Waals surface area contributed by atoms with Crippen LogP contribution < -0.4 is 10.1 Å². The van der Waals surface area contributed by atoms with Crippen LogP contribution in [0.15, 0.2) is 52.6 Å². The van der Waals surface area contributed by atoms with E-state index in [1.54, 1.807) is 24.3 Å². The molecule has 1 aromatic carbocycles. The predicted octanol–water partition coefficient (Wildman–Crippen LogP) is 4.34. The van der Waals surface area contributed by atoms with E-state index in [0.717, 1.165) is 30.6 Å². The zero-order valence-electron chi connectivity index (χ0n) is 14.6. The summed E-state index contributed by atoms with van der Waals surface area (Å²) in [6.45, 7) is 0. The van der Waals surface area contributed by atoms with Crippen molar-refractivity contribution < 1.29 is 19.1 Å². The number of anilines is 1. The van der Waals surface area contributed by atoms with E-state index >= 15 is 0 Å². The molecule has 1 fully saturated rings. The van der Waals surface area contributed by atoms with Gasteiger partial charge in [-0.1, -0.05) is 12.5 Å². The second-order valence-corrected chi connectivity index (χ2v) is 7.44. The summed E-state index contributed by atoms with van der Waals surface area (Å²) in [5.74, 6) is 0.817. The van der Waals surface area contributed by atoms with Crippen molar-refractivity contribution in [3.05, 3.63) is 53.9 Å². The second-order valence-electron chi connectivity index (χ2n) is 6.49. The lowest BCUT2D eigenvalue weighted by Gasteiger charge is -2.28. The van der Waals surface area contributed by atoms with Crippen LogP contribution in [0.2, 0.25) is 0 Å². The van der Waals surface area contributed by atoms with Gasteiger partial charge in [0.25, 0.3) is 5.91 Å². The highest BCUT2D eigenvalue weighted by atomic mass is 32.1. The first-order valence-corrected chi connectivity index (χ1v) is 9.82. The van der Waals surface area contributed by atoms with Gasteiger partial charge in [-0.2, -0.15) is 0 Å². The van der Waals surface area contributed by atoms with Gasteiger partial charge in [0.05, 0.1) is 11.0 Å². The van der Waals surface area contributed by atoms with Crippen LogP contribution in [-0.4, -0.2) is 28.2 Å². The van der Waals surface area contributed by atoms with E-state index in [1.165, 1.54) is 17.7 Å². The number of aliphatic hydroxyl groups is 1. The number of hydrogen-bond acceptors (Lipinski definition) is 6. The molecule has 27 heavy (non-hydrogen) atoms. The monoisotopic (exact) mass is 384 g/mol. The third kappa shape index (κ3) is 4.04. The van der Waals surface area contributed by atoms with Crippen LogP contribution in [0.1, 0.15) is 36.2 Å². The number of ether oxygens (including phenoxy) is 1. The number of nitrogens with one attached hydrogen (secondary N) is 1. The summed E-state index contributed by atoms with van der Waals surface area (Å²) in [6.07, 6.45) is 4.45. The van der Waals surface area contributed by atoms with Gasteiger partial charge in [0, 0.05) is 5.69 Å². The van der Waals surface area contributed by atoms with Gasteiger partial charge in [0.1, 0.15) is 11.9 Å². The van der Waals surface area contributed by atoms with Gasteiger partial charge in [0.15, 0.2) is 17.8 Å². The van der Waals surface area contributed by atoms with Crippen molar-refractivity contribution in [2.75, 3.05) is 5.32 Å². The fourth-order valence-electron chi connectivity index (χ4n) is 3.19. The standard InChI is InChI=1S/C20H20N2O4S/c23-15-4-1-2-5-16(15)26-14-9-7-13(8-10-14)22-20(24)18-19(25-12-21-18)17-6-3-11-27-17/h3,6-12,15-16,23H,1-2,4-5H2,(H,22,24)/t15-,16+/m1/s1. The molecule has 0 unspecified atom stereocenters. The highest BCUT2D eigenvalue weighted by molar-refractivity contribution is 7.13. The number of benzene rings is 1. The van der Waals surface area contributed by atoms with Crippen molar-refractivity contribution in [2.45, 2.75) is 37.9 Å².